The van der Waals surface area contributed by atoms with Crippen molar-refractivity contribution in [3.63, 3.8) is 0 Å². The molecule has 0 radical (unpaired) electrons. The molecular weight excluding hydrogens is 514 g/mol. The maximum absolute atomic E-state index is 13.2. The lowest BCUT2D eigenvalue weighted by atomic mass is 10.0. The molecule has 1 atom stereocenters. The fraction of sp³-hybridized carbons (Fsp3) is 0.355. The molecule has 0 spiro atoms. The molecule has 2 aliphatic heterocycles. The number of likely N-dealkylation sites (N-methyl/N-ethyl adjacent to an activating group) is 1. The Labute approximate surface area is 239 Å². The number of carbonyl (C=O) groups excluding carboxylic acids is 1. The number of benzene rings is 2. The van der Waals surface area contributed by atoms with Crippen LogP contribution in [0.3, 0.4) is 0 Å². The van der Waals surface area contributed by atoms with E-state index < -0.39 is 0 Å². The van der Waals surface area contributed by atoms with E-state index in [4.69, 9.17) is 10.8 Å². The Balaban J connectivity index is 1.15. The van der Waals surface area contributed by atoms with Crippen LogP contribution in [0, 0.1) is 0 Å². The number of rotatable bonds is 6. The van der Waals surface area contributed by atoms with Gasteiger partial charge in [0.15, 0.2) is 5.82 Å². The quantitative estimate of drug-likeness (QED) is 0.348. The van der Waals surface area contributed by atoms with Gasteiger partial charge in [-0.05, 0) is 36.7 Å². The number of fused-ring (bicyclic) bond motifs is 2. The maximum atomic E-state index is 13.2. The third-order valence-electron chi connectivity index (χ3n) is 8.58. The van der Waals surface area contributed by atoms with Gasteiger partial charge in [-0.25, -0.2) is 9.50 Å². The Morgan fingerprint density at radius 2 is 1.85 bits per heavy atom. The zero-order valence-electron chi connectivity index (χ0n) is 23.4. The van der Waals surface area contributed by atoms with Crippen LogP contribution in [0.2, 0.25) is 0 Å². The molecule has 3 aromatic heterocycles. The number of aromatic nitrogens is 5. The van der Waals surface area contributed by atoms with Crippen molar-refractivity contribution in [3.8, 4) is 11.1 Å². The second-order valence-electron chi connectivity index (χ2n) is 11.4. The number of hydrogen-bond acceptors (Lipinski definition) is 7. The summed E-state index contributed by atoms with van der Waals surface area (Å²) >= 11 is 0. The molecule has 2 fully saturated rings. The minimum absolute atomic E-state index is 0.177. The van der Waals surface area contributed by atoms with E-state index in [2.05, 4.69) is 69.5 Å². The lowest BCUT2D eigenvalue weighted by Gasteiger charge is -2.32. The summed E-state index contributed by atoms with van der Waals surface area (Å²) in [5.41, 5.74) is 12.4. The van der Waals surface area contributed by atoms with Crippen LogP contribution < -0.4 is 5.73 Å². The predicted molar refractivity (Wildman–Crippen MR) is 160 cm³/mol. The van der Waals surface area contributed by atoms with Crippen LogP contribution in [0.25, 0.3) is 27.5 Å². The van der Waals surface area contributed by atoms with E-state index in [-0.39, 0.29) is 11.8 Å². The van der Waals surface area contributed by atoms with Crippen LogP contribution >= 0.6 is 0 Å². The molecule has 0 saturated carbocycles. The molecule has 5 heterocycles. The monoisotopic (exact) mass is 549 g/mol. The molecule has 0 bridgehead atoms. The van der Waals surface area contributed by atoms with Gasteiger partial charge in [-0.15, -0.1) is 0 Å². The number of nitrogens with two attached hydrogens (primary N) is 1. The Kier molecular flexibility index (Phi) is 6.64. The zero-order chi connectivity index (χ0) is 27.9. The number of piperazine rings is 1. The van der Waals surface area contributed by atoms with Crippen LogP contribution in [0.5, 0.6) is 0 Å². The van der Waals surface area contributed by atoms with Gasteiger partial charge in [-0.3, -0.25) is 14.4 Å². The van der Waals surface area contributed by atoms with Crippen LogP contribution in [-0.4, -0.2) is 97.8 Å². The van der Waals surface area contributed by atoms with Gasteiger partial charge in [-0.1, -0.05) is 42.5 Å². The highest BCUT2D eigenvalue weighted by Crippen LogP contribution is 2.37. The van der Waals surface area contributed by atoms with Crippen molar-refractivity contribution < 1.29 is 4.79 Å². The second-order valence-corrected chi connectivity index (χ2v) is 11.4. The predicted octanol–water partition coefficient (Wildman–Crippen LogP) is 2.94. The van der Waals surface area contributed by atoms with Crippen LogP contribution in [-0.2, 0) is 11.3 Å². The standard InChI is InChI=1S/C31H35N9O/c1-36-11-13-37(14-12-36)20-29(41)38-10-9-25(18-38)28-16-26(30-31(32)33-21-34-40(28)30)23-7-8-24-19-39(35-27(24)15-23)17-22-5-3-2-4-6-22/h2-8,15-16,19,21,25H,9-14,17-18,20H2,1H3,(H2,32,33,34). The van der Waals surface area contributed by atoms with Crippen molar-refractivity contribution >= 4 is 28.1 Å². The topological polar surface area (TPSA) is 101 Å². The summed E-state index contributed by atoms with van der Waals surface area (Å²) < 4.78 is 3.91. The minimum atomic E-state index is 0.177. The smallest absolute Gasteiger partial charge is 0.236 e. The van der Waals surface area contributed by atoms with Gasteiger partial charge < -0.3 is 15.5 Å². The minimum Gasteiger partial charge on any atom is -0.382 e. The zero-order valence-corrected chi connectivity index (χ0v) is 23.4. The van der Waals surface area contributed by atoms with Gasteiger partial charge in [0.1, 0.15) is 11.8 Å². The molecular formula is C31H35N9O. The summed E-state index contributed by atoms with van der Waals surface area (Å²) in [7, 11) is 2.13. The van der Waals surface area contributed by atoms with E-state index in [1.165, 1.54) is 11.9 Å². The molecule has 2 aromatic carbocycles. The van der Waals surface area contributed by atoms with Crippen LogP contribution in [0.15, 0.2) is 67.1 Å². The first-order chi connectivity index (χ1) is 20.0. The normalized spacial score (nSPS) is 18.6. The third-order valence-corrected chi connectivity index (χ3v) is 8.58. The molecule has 0 aliphatic carbocycles. The molecule has 10 nitrogen and oxygen atoms in total. The first kappa shape index (κ1) is 25.7. The van der Waals surface area contributed by atoms with Crippen molar-refractivity contribution in [2.24, 2.45) is 0 Å². The molecule has 210 valence electrons. The molecule has 2 aliphatic rings. The maximum Gasteiger partial charge on any atom is 0.236 e. The lowest BCUT2D eigenvalue weighted by molar-refractivity contribution is -0.131. The second kappa shape index (κ2) is 10.6. The van der Waals surface area contributed by atoms with Gasteiger partial charge in [0.2, 0.25) is 5.91 Å². The van der Waals surface area contributed by atoms with E-state index >= 15 is 0 Å². The summed E-state index contributed by atoms with van der Waals surface area (Å²) in [5, 5.41) is 10.6. The van der Waals surface area contributed by atoms with Crippen molar-refractivity contribution in [2.45, 2.75) is 18.9 Å². The summed E-state index contributed by atoms with van der Waals surface area (Å²) in [6.07, 6.45) is 4.49. The highest BCUT2D eigenvalue weighted by molar-refractivity contribution is 5.92. The average Bonchev–Trinajstić information content (AvgIpc) is 3.71. The number of hydrogen-bond donors (Lipinski definition) is 1. The van der Waals surface area contributed by atoms with E-state index in [0.717, 1.165) is 78.9 Å². The van der Waals surface area contributed by atoms with Crippen LogP contribution in [0.4, 0.5) is 5.82 Å². The van der Waals surface area contributed by atoms with E-state index in [1.807, 2.05) is 32.3 Å². The van der Waals surface area contributed by atoms with Crippen molar-refractivity contribution in [1.82, 2.24) is 39.1 Å². The van der Waals surface area contributed by atoms with Crippen molar-refractivity contribution in [3.05, 3.63) is 78.4 Å². The Hall–Kier alpha value is -4.28. The Bertz CT molecular complexity index is 1700. The number of carbonyl (C=O) groups is 1. The highest BCUT2D eigenvalue weighted by atomic mass is 16.2. The highest BCUT2D eigenvalue weighted by Gasteiger charge is 2.31. The lowest BCUT2D eigenvalue weighted by Crippen LogP contribution is -2.48. The van der Waals surface area contributed by atoms with E-state index in [9.17, 15) is 4.79 Å². The fourth-order valence-electron chi connectivity index (χ4n) is 6.21. The third kappa shape index (κ3) is 5.05. The van der Waals surface area contributed by atoms with Gasteiger partial charge in [0.05, 0.1) is 18.6 Å². The Morgan fingerprint density at radius 3 is 2.68 bits per heavy atom. The summed E-state index contributed by atoms with van der Waals surface area (Å²) in [6.45, 7) is 6.55. The summed E-state index contributed by atoms with van der Waals surface area (Å²) in [4.78, 5) is 24.1. The van der Waals surface area contributed by atoms with Gasteiger partial charge >= 0.3 is 0 Å². The molecule has 5 aromatic rings. The molecule has 2 N–H and O–H groups in total. The first-order valence-corrected chi connectivity index (χ1v) is 14.3. The fourth-order valence-corrected chi connectivity index (χ4v) is 6.21. The molecule has 41 heavy (non-hydrogen) atoms. The number of nitrogen functional groups attached to an aromatic ring is 1. The van der Waals surface area contributed by atoms with Gasteiger partial charge in [0.25, 0.3) is 0 Å². The summed E-state index contributed by atoms with van der Waals surface area (Å²) in [6, 6.07) is 18.9. The summed E-state index contributed by atoms with van der Waals surface area (Å²) in [5.74, 6) is 0.830. The van der Waals surface area contributed by atoms with Crippen molar-refractivity contribution in [1.29, 1.82) is 0 Å². The van der Waals surface area contributed by atoms with E-state index in [0.29, 0.717) is 18.9 Å². The Morgan fingerprint density at radius 1 is 1.02 bits per heavy atom. The molecule has 10 heteroatoms. The number of likely N-dealkylation sites (tertiary alicyclic amines) is 1. The van der Waals surface area contributed by atoms with Crippen LogP contribution in [0.1, 0.15) is 23.6 Å². The molecule has 1 amide bonds. The average molecular weight is 550 g/mol. The molecule has 7 rings (SSSR count). The van der Waals surface area contributed by atoms with E-state index in [1.54, 1.807) is 0 Å². The van der Waals surface area contributed by atoms with Gasteiger partial charge in [-0.2, -0.15) is 10.2 Å². The molecule has 2 saturated heterocycles. The number of anilines is 1. The molecule has 1 unspecified atom stereocenters. The van der Waals surface area contributed by atoms with Crippen molar-refractivity contribution in [2.75, 3.05) is 58.6 Å². The number of amides is 1. The number of nitrogens with zero attached hydrogens (tertiary/aromatic N) is 8. The van der Waals surface area contributed by atoms with Gasteiger partial charge in [0, 0.05) is 68.0 Å². The first-order valence-electron chi connectivity index (χ1n) is 14.3. The SMILES string of the molecule is CN1CCN(CC(=O)N2CCC(c3cc(-c4ccc5cn(Cc6ccccc6)nc5c4)c4c(N)ncnn34)C2)CC1. The largest absolute Gasteiger partial charge is 0.382 e.